The minimum Gasteiger partial charge on any atom is -0.321 e. The van der Waals surface area contributed by atoms with Crippen LogP contribution in [0.2, 0.25) is 0 Å². The molecule has 0 aliphatic heterocycles. The molecule has 1 atom stereocenters. The summed E-state index contributed by atoms with van der Waals surface area (Å²) in [6, 6.07) is 2.56. The number of ketones is 1. The smallest absolute Gasteiger partial charge is 0.183 e. The summed E-state index contributed by atoms with van der Waals surface area (Å²) in [4.78, 5) is 11.5. The van der Waals surface area contributed by atoms with Crippen LogP contribution < -0.4 is 5.73 Å². The highest BCUT2D eigenvalue weighted by atomic mass is 79.9. The Hall–Kier alpha value is -0.740. The van der Waals surface area contributed by atoms with E-state index in [2.05, 4.69) is 15.9 Å². The molecule has 0 spiro atoms. The van der Waals surface area contributed by atoms with Gasteiger partial charge in [0.15, 0.2) is 5.78 Å². The normalized spacial score (nSPS) is 12.6. The van der Waals surface area contributed by atoms with Crippen LogP contribution in [0.4, 0.5) is 4.39 Å². The van der Waals surface area contributed by atoms with E-state index in [1.807, 2.05) is 0 Å². The van der Waals surface area contributed by atoms with Crippen molar-refractivity contribution in [2.45, 2.75) is 19.9 Å². The third-order valence-corrected chi connectivity index (χ3v) is 2.60. The molecule has 0 aliphatic carbocycles. The molecule has 0 aromatic heterocycles. The van der Waals surface area contributed by atoms with Crippen molar-refractivity contribution < 1.29 is 9.18 Å². The Bertz CT molecular complexity index is 377. The molecule has 1 aromatic carbocycles. The summed E-state index contributed by atoms with van der Waals surface area (Å²) >= 11 is 3.13. The molecule has 0 saturated heterocycles. The van der Waals surface area contributed by atoms with Crippen molar-refractivity contribution >= 4 is 21.7 Å². The van der Waals surface area contributed by atoms with Crippen LogP contribution in [0.1, 0.15) is 22.8 Å². The Morgan fingerprint density at radius 3 is 2.64 bits per heavy atom. The lowest BCUT2D eigenvalue weighted by atomic mass is 10.0. The quantitative estimate of drug-likeness (QED) is 0.830. The molecule has 0 fully saturated rings. The highest BCUT2D eigenvalue weighted by Crippen LogP contribution is 2.23. The van der Waals surface area contributed by atoms with Crippen molar-refractivity contribution in [2.75, 3.05) is 0 Å². The van der Waals surface area contributed by atoms with Crippen molar-refractivity contribution in [3.8, 4) is 0 Å². The minimum atomic E-state index is -0.692. The van der Waals surface area contributed by atoms with Gasteiger partial charge in [0.2, 0.25) is 0 Å². The predicted octanol–water partition coefficient (Wildman–Crippen LogP) is 2.43. The average Bonchev–Trinajstić information content (AvgIpc) is 2.12. The average molecular weight is 260 g/mol. The number of carbonyl (C=O) groups excluding carboxylic acids is 1. The summed E-state index contributed by atoms with van der Waals surface area (Å²) in [5.41, 5.74) is 5.90. The van der Waals surface area contributed by atoms with E-state index in [4.69, 9.17) is 5.73 Å². The first kappa shape index (κ1) is 11.3. The molecule has 0 heterocycles. The van der Waals surface area contributed by atoms with Gasteiger partial charge in [0.25, 0.3) is 0 Å². The van der Waals surface area contributed by atoms with Crippen LogP contribution in [0, 0.1) is 12.7 Å². The Balaban J connectivity index is 3.33. The van der Waals surface area contributed by atoms with Gasteiger partial charge in [-0.1, -0.05) is 6.07 Å². The second kappa shape index (κ2) is 4.19. The predicted molar refractivity (Wildman–Crippen MR) is 56.8 cm³/mol. The van der Waals surface area contributed by atoms with Gasteiger partial charge in [-0.2, -0.15) is 0 Å². The summed E-state index contributed by atoms with van der Waals surface area (Å²) in [7, 11) is 0. The third kappa shape index (κ3) is 2.01. The van der Waals surface area contributed by atoms with Crippen molar-refractivity contribution in [3.05, 3.63) is 33.5 Å². The van der Waals surface area contributed by atoms with E-state index in [1.54, 1.807) is 19.1 Å². The van der Waals surface area contributed by atoms with Crippen LogP contribution in [-0.2, 0) is 0 Å². The van der Waals surface area contributed by atoms with Gasteiger partial charge in [-0.05, 0) is 41.4 Å². The highest BCUT2D eigenvalue weighted by Gasteiger charge is 2.19. The molecule has 14 heavy (non-hydrogen) atoms. The van der Waals surface area contributed by atoms with Crippen molar-refractivity contribution in [1.82, 2.24) is 0 Å². The largest absolute Gasteiger partial charge is 0.321 e. The summed E-state index contributed by atoms with van der Waals surface area (Å²) in [6.45, 7) is 3.15. The maximum absolute atomic E-state index is 13.6. The minimum absolute atomic E-state index is 0.0417. The molecule has 0 bridgehead atoms. The Morgan fingerprint density at radius 2 is 2.14 bits per heavy atom. The molecule has 0 radical (unpaired) electrons. The molecule has 0 saturated carbocycles. The lowest BCUT2D eigenvalue weighted by Crippen LogP contribution is -2.28. The lowest BCUT2D eigenvalue weighted by Gasteiger charge is -2.09. The summed E-state index contributed by atoms with van der Waals surface area (Å²) < 4.78 is 14.0. The van der Waals surface area contributed by atoms with E-state index in [0.717, 1.165) is 0 Å². The van der Waals surface area contributed by atoms with Gasteiger partial charge in [-0.15, -0.1) is 0 Å². The zero-order chi connectivity index (χ0) is 10.9. The molecular weight excluding hydrogens is 249 g/mol. The van der Waals surface area contributed by atoms with Crippen LogP contribution >= 0.6 is 15.9 Å². The topological polar surface area (TPSA) is 43.1 Å². The van der Waals surface area contributed by atoms with E-state index < -0.39 is 17.6 Å². The number of hydrogen-bond donors (Lipinski definition) is 1. The van der Waals surface area contributed by atoms with E-state index in [-0.39, 0.29) is 5.56 Å². The number of carbonyl (C=O) groups is 1. The standard InChI is InChI=1S/C10H11BrFNO/c1-5-3-4-7(11)8(9(5)12)10(14)6(2)13/h3-4,6H,13H2,1-2H3. The number of rotatable bonds is 2. The number of hydrogen-bond acceptors (Lipinski definition) is 2. The van der Waals surface area contributed by atoms with Crippen molar-refractivity contribution in [2.24, 2.45) is 5.73 Å². The van der Waals surface area contributed by atoms with Crippen LogP contribution in [0.25, 0.3) is 0 Å². The van der Waals surface area contributed by atoms with Crippen LogP contribution in [0.3, 0.4) is 0 Å². The van der Waals surface area contributed by atoms with E-state index >= 15 is 0 Å². The molecule has 1 rings (SSSR count). The van der Waals surface area contributed by atoms with Gasteiger partial charge in [0.05, 0.1) is 11.6 Å². The fourth-order valence-corrected chi connectivity index (χ4v) is 1.61. The lowest BCUT2D eigenvalue weighted by molar-refractivity contribution is 0.0963. The van der Waals surface area contributed by atoms with Gasteiger partial charge in [-0.3, -0.25) is 4.79 Å². The molecule has 1 unspecified atom stereocenters. The molecular formula is C10H11BrFNO. The first-order valence-electron chi connectivity index (χ1n) is 4.19. The van der Waals surface area contributed by atoms with Crippen LogP contribution in [0.15, 0.2) is 16.6 Å². The Labute approximate surface area is 90.4 Å². The highest BCUT2D eigenvalue weighted by molar-refractivity contribution is 9.10. The zero-order valence-corrected chi connectivity index (χ0v) is 9.56. The van der Waals surface area contributed by atoms with Crippen LogP contribution in [0.5, 0.6) is 0 Å². The van der Waals surface area contributed by atoms with Crippen LogP contribution in [-0.4, -0.2) is 11.8 Å². The number of benzene rings is 1. The molecule has 2 nitrogen and oxygen atoms in total. The Morgan fingerprint density at radius 1 is 1.57 bits per heavy atom. The fraction of sp³-hybridized carbons (Fsp3) is 0.300. The van der Waals surface area contributed by atoms with Gasteiger partial charge < -0.3 is 5.73 Å². The second-order valence-electron chi connectivity index (χ2n) is 3.21. The van der Waals surface area contributed by atoms with Crippen molar-refractivity contribution in [3.63, 3.8) is 0 Å². The zero-order valence-electron chi connectivity index (χ0n) is 7.97. The van der Waals surface area contributed by atoms with Gasteiger partial charge in [0.1, 0.15) is 5.82 Å². The van der Waals surface area contributed by atoms with Gasteiger partial charge in [-0.25, -0.2) is 4.39 Å². The third-order valence-electron chi connectivity index (χ3n) is 1.94. The SMILES string of the molecule is Cc1ccc(Br)c(C(=O)C(C)N)c1F. The monoisotopic (exact) mass is 259 g/mol. The summed E-state index contributed by atoms with van der Waals surface area (Å²) in [5.74, 6) is -0.889. The molecule has 2 N–H and O–H groups in total. The maximum Gasteiger partial charge on any atom is 0.183 e. The molecule has 76 valence electrons. The van der Waals surface area contributed by atoms with Gasteiger partial charge >= 0.3 is 0 Å². The van der Waals surface area contributed by atoms with E-state index in [0.29, 0.717) is 10.0 Å². The summed E-state index contributed by atoms with van der Waals surface area (Å²) in [6.07, 6.45) is 0. The van der Waals surface area contributed by atoms with E-state index in [9.17, 15) is 9.18 Å². The summed E-state index contributed by atoms with van der Waals surface area (Å²) in [5, 5.41) is 0. The van der Waals surface area contributed by atoms with Crippen molar-refractivity contribution in [1.29, 1.82) is 0 Å². The maximum atomic E-state index is 13.6. The molecule has 1 aromatic rings. The van der Waals surface area contributed by atoms with E-state index in [1.165, 1.54) is 6.92 Å². The van der Waals surface area contributed by atoms with Gasteiger partial charge in [0, 0.05) is 4.47 Å². The first-order chi connectivity index (χ1) is 6.45. The number of aryl methyl sites for hydroxylation is 1. The Kier molecular flexibility index (Phi) is 3.39. The molecule has 0 aliphatic rings. The number of nitrogens with two attached hydrogens (primary N) is 1. The second-order valence-corrected chi connectivity index (χ2v) is 4.06. The first-order valence-corrected chi connectivity index (χ1v) is 4.99. The fourth-order valence-electron chi connectivity index (χ4n) is 1.11. The number of halogens is 2. The number of Topliss-reactive ketones (excluding diaryl/α,β-unsaturated/α-hetero) is 1. The molecule has 0 amide bonds. The molecule has 4 heteroatoms.